The SMILES string of the molecule is CC(C)N(CCC(c1ccccc1)[C@@]1(C)CC=CC=C1O)C(C)C. The van der Waals surface area contributed by atoms with Crippen LogP contribution in [0.5, 0.6) is 0 Å². The van der Waals surface area contributed by atoms with Crippen molar-refractivity contribution in [1.29, 1.82) is 0 Å². The van der Waals surface area contributed by atoms with E-state index >= 15 is 0 Å². The third-order valence-corrected chi connectivity index (χ3v) is 5.49. The van der Waals surface area contributed by atoms with Crippen LogP contribution < -0.4 is 0 Å². The Hall–Kier alpha value is -1.54. The van der Waals surface area contributed by atoms with Crippen molar-refractivity contribution in [2.24, 2.45) is 5.41 Å². The summed E-state index contributed by atoms with van der Waals surface area (Å²) in [5.74, 6) is 0.819. The predicted octanol–water partition coefficient (Wildman–Crippen LogP) is 5.69. The Morgan fingerprint density at radius 2 is 1.71 bits per heavy atom. The van der Waals surface area contributed by atoms with Crippen LogP contribution in [-0.4, -0.2) is 28.6 Å². The minimum Gasteiger partial charge on any atom is -0.512 e. The lowest BCUT2D eigenvalue weighted by Gasteiger charge is -2.40. The van der Waals surface area contributed by atoms with E-state index in [2.05, 4.69) is 75.9 Å². The van der Waals surface area contributed by atoms with E-state index in [4.69, 9.17) is 0 Å². The van der Waals surface area contributed by atoms with Gasteiger partial charge in [-0.3, -0.25) is 4.90 Å². The summed E-state index contributed by atoms with van der Waals surface area (Å²) in [6.45, 7) is 12.3. The molecule has 0 saturated heterocycles. The third-order valence-electron chi connectivity index (χ3n) is 5.49. The number of nitrogens with zero attached hydrogens (tertiary/aromatic N) is 1. The van der Waals surface area contributed by atoms with E-state index in [-0.39, 0.29) is 5.41 Å². The average Bonchev–Trinajstić information content (AvgIpc) is 2.54. The van der Waals surface area contributed by atoms with Gasteiger partial charge in [0.25, 0.3) is 0 Å². The monoisotopic (exact) mass is 327 g/mol. The summed E-state index contributed by atoms with van der Waals surface area (Å²) in [6.07, 6.45) is 7.94. The zero-order chi connectivity index (χ0) is 17.7. The molecule has 0 aromatic heterocycles. The van der Waals surface area contributed by atoms with E-state index in [0.29, 0.717) is 23.8 Å². The molecule has 132 valence electrons. The standard InChI is InChI=1S/C22H33NO/c1-17(2)23(18(3)4)16-14-20(19-11-7-6-8-12-19)22(5)15-10-9-13-21(22)24/h6-13,17-18,20,24H,14-16H2,1-5H3/t20?,22-/m1/s1. The molecular formula is C22H33NO. The first-order valence-electron chi connectivity index (χ1n) is 9.23. The molecule has 0 bridgehead atoms. The first-order valence-corrected chi connectivity index (χ1v) is 9.23. The van der Waals surface area contributed by atoms with Crippen molar-refractivity contribution in [2.75, 3.05) is 6.54 Å². The van der Waals surface area contributed by atoms with Gasteiger partial charge in [0.1, 0.15) is 0 Å². The van der Waals surface area contributed by atoms with Crippen molar-refractivity contribution in [3.63, 3.8) is 0 Å². The van der Waals surface area contributed by atoms with Gasteiger partial charge in [0.2, 0.25) is 0 Å². The van der Waals surface area contributed by atoms with Crippen LogP contribution in [0.2, 0.25) is 0 Å². The second-order valence-corrected chi connectivity index (χ2v) is 7.78. The van der Waals surface area contributed by atoms with E-state index in [9.17, 15) is 5.11 Å². The number of benzene rings is 1. The van der Waals surface area contributed by atoms with Crippen LogP contribution in [0.25, 0.3) is 0 Å². The van der Waals surface area contributed by atoms with E-state index < -0.39 is 0 Å². The summed E-state index contributed by atoms with van der Waals surface area (Å²) >= 11 is 0. The molecule has 0 amide bonds. The molecular weight excluding hydrogens is 294 g/mol. The fourth-order valence-electron chi connectivity index (χ4n) is 4.02. The van der Waals surface area contributed by atoms with Crippen LogP contribution >= 0.6 is 0 Å². The van der Waals surface area contributed by atoms with Gasteiger partial charge in [0.05, 0.1) is 5.76 Å². The van der Waals surface area contributed by atoms with Crippen LogP contribution in [0.3, 0.4) is 0 Å². The number of allylic oxidation sites excluding steroid dienone is 4. The Bertz CT molecular complexity index is 565. The molecule has 2 heteroatoms. The molecule has 1 aromatic carbocycles. The molecule has 0 aliphatic heterocycles. The Morgan fingerprint density at radius 3 is 2.25 bits per heavy atom. The Morgan fingerprint density at radius 1 is 1.08 bits per heavy atom. The molecule has 0 spiro atoms. The van der Waals surface area contributed by atoms with Gasteiger partial charge in [0.15, 0.2) is 0 Å². The Balaban J connectivity index is 2.28. The lowest BCUT2D eigenvalue weighted by molar-refractivity contribution is 0.138. The maximum absolute atomic E-state index is 10.6. The highest BCUT2D eigenvalue weighted by Gasteiger charge is 2.39. The summed E-state index contributed by atoms with van der Waals surface area (Å²) in [7, 11) is 0. The molecule has 1 N–H and O–H groups in total. The zero-order valence-electron chi connectivity index (χ0n) is 15.9. The summed E-state index contributed by atoms with van der Waals surface area (Å²) in [5, 5.41) is 10.6. The number of aliphatic hydroxyl groups excluding tert-OH is 1. The first-order chi connectivity index (χ1) is 11.4. The van der Waals surface area contributed by atoms with Gasteiger partial charge >= 0.3 is 0 Å². The quantitative estimate of drug-likeness (QED) is 0.695. The second-order valence-electron chi connectivity index (χ2n) is 7.78. The van der Waals surface area contributed by atoms with Gasteiger partial charge in [-0.25, -0.2) is 0 Å². The second kappa shape index (κ2) is 8.02. The van der Waals surface area contributed by atoms with Crippen LogP contribution in [0.4, 0.5) is 0 Å². The minimum atomic E-state index is -0.226. The Labute approximate surface area is 147 Å². The van der Waals surface area contributed by atoms with Crippen molar-refractivity contribution in [3.8, 4) is 0 Å². The molecule has 2 rings (SSSR count). The topological polar surface area (TPSA) is 23.5 Å². The lowest BCUT2D eigenvalue weighted by atomic mass is 9.67. The van der Waals surface area contributed by atoms with Crippen LogP contribution in [0.1, 0.15) is 58.9 Å². The molecule has 24 heavy (non-hydrogen) atoms. The zero-order valence-corrected chi connectivity index (χ0v) is 15.9. The van der Waals surface area contributed by atoms with E-state index in [1.807, 2.05) is 12.2 Å². The largest absolute Gasteiger partial charge is 0.512 e. The van der Waals surface area contributed by atoms with E-state index in [1.165, 1.54) is 5.56 Å². The van der Waals surface area contributed by atoms with Crippen LogP contribution in [0.15, 0.2) is 54.3 Å². The molecule has 1 aliphatic rings. The highest BCUT2D eigenvalue weighted by molar-refractivity contribution is 5.30. The van der Waals surface area contributed by atoms with Crippen molar-refractivity contribution in [2.45, 2.75) is 65.5 Å². The van der Waals surface area contributed by atoms with Crippen LogP contribution in [-0.2, 0) is 0 Å². The molecule has 1 aromatic rings. The van der Waals surface area contributed by atoms with Crippen molar-refractivity contribution >= 4 is 0 Å². The number of hydrogen-bond acceptors (Lipinski definition) is 2. The normalized spacial score (nSPS) is 22.2. The highest BCUT2D eigenvalue weighted by atomic mass is 16.3. The van der Waals surface area contributed by atoms with Gasteiger partial charge in [-0.05, 0) is 64.6 Å². The van der Waals surface area contributed by atoms with Crippen molar-refractivity contribution < 1.29 is 5.11 Å². The molecule has 0 heterocycles. The number of hydrogen-bond donors (Lipinski definition) is 1. The minimum absolute atomic E-state index is 0.226. The summed E-state index contributed by atoms with van der Waals surface area (Å²) in [4.78, 5) is 2.54. The smallest absolute Gasteiger partial charge is 0.0990 e. The predicted molar refractivity (Wildman–Crippen MR) is 103 cm³/mol. The van der Waals surface area contributed by atoms with E-state index in [1.54, 1.807) is 0 Å². The van der Waals surface area contributed by atoms with Gasteiger partial charge < -0.3 is 5.11 Å². The van der Waals surface area contributed by atoms with Gasteiger partial charge in [-0.1, -0.05) is 49.4 Å². The summed E-state index contributed by atoms with van der Waals surface area (Å²) in [5.41, 5.74) is 1.10. The van der Waals surface area contributed by atoms with Crippen LogP contribution in [0, 0.1) is 5.41 Å². The van der Waals surface area contributed by atoms with E-state index in [0.717, 1.165) is 19.4 Å². The van der Waals surface area contributed by atoms with Gasteiger partial charge in [-0.2, -0.15) is 0 Å². The average molecular weight is 328 g/mol. The summed E-state index contributed by atoms with van der Waals surface area (Å²) < 4.78 is 0. The maximum Gasteiger partial charge on any atom is 0.0990 e. The molecule has 0 saturated carbocycles. The maximum atomic E-state index is 10.6. The molecule has 2 atom stereocenters. The molecule has 0 radical (unpaired) electrons. The number of rotatable bonds is 7. The molecule has 1 unspecified atom stereocenters. The number of aliphatic hydroxyl groups is 1. The summed E-state index contributed by atoms with van der Waals surface area (Å²) in [6, 6.07) is 11.7. The van der Waals surface area contributed by atoms with Gasteiger partial charge in [0, 0.05) is 17.5 Å². The molecule has 2 nitrogen and oxygen atoms in total. The van der Waals surface area contributed by atoms with Crippen molar-refractivity contribution in [1.82, 2.24) is 4.90 Å². The lowest BCUT2D eigenvalue weighted by Crippen LogP contribution is -2.40. The third kappa shape index (κ3) is 4.10. The van der Waals surface area contributed by atoms with Crippen molar-refractivity contribution in [3.05, 3.63) is 59.9 Å². The Kier molecular flexibility index (Phi) is 6.28. The first kappa shape index (κ1) is 18.8. The highest BCUT2D eigenvalue weighted by Crippen LogP contribution is 2.47. The van der Waals surface area contributed by atoms with Gasteiger partial charge in [-0.15, -0.1) is 0 Å². The fourth-order valence-corrected chi connectivity index (χ4v) is 4.02. The molecule has 0 fully saturated rings. The molecule has 1 aliphatic carbocycles. The fraction of sp³-hybridized carbons (Fsp3) is 0.545.